The molecule has 0 radical (unpaired) electrons. The highest BCUT2D eigenvalue weighted by molar-refractivity contribution is 6.05. The molecule has 2 spiro atoms. The van der Waals surface area contributed by atoms with Gasteiger partial charge in [0.15, 0.2) is 11.5 Å². The van der Waals surface area contributed by atoms with Crippen LogP contribution in [0.1, 0.15) is 50.0 Å². The zero-order chi connectivity index (χ0) is 29.1. The van der Waals surface area contributed by atoms with E-state index in [0.29, 0.717) is 37.1 Å². The van der Waals surface area contributed by atoms with Gasteiger partial charge >= 0.3 is 5.97 Å². The van der Waals surface area contributed by atoms with Crippen molar-refractivity contribution >= 4 is 11.8 Å². The number of Topliss-reactive ketones (excluding diaryl/α,β-unsaturated/α-hetero) is 1. The van der Waals surface area contributed by atoms with Crippen LogP contribution in [-0.2, 0) is 14.3 Å². The number of nitrogens with zero attached hydrogens (tertiary/aromatic N) is 3. The fourth-order valence-electron chi connectivity index (χ4n) is 9.43. The van der Waals surface area contributed by atoms with Gasteiger partial charge in [0.2, 0.25) is 5.79 Å². The van der Waals surface area contributed by atoms with Gasteiger partial charge in [0, 0.05) is 17.3 Å². The number of aliphatic hydroxyl groups is 3. The smallest absolute Gasteiger partial charge is 0.360 e. The molecule has 4 saturated carbocycles. The first-order valence-corrected chi connectivity index (χ1v) is 14.2. The SMILES string of the molecule is C=C1C(=O)[C@]23[C@H](OC(=O)c4cn(-c5ccc(OC)cc5)nn4)[C@H]1CC[C@H]2[C@@]12CO[C@]3(O)[C@@H](O)[C@@H]1C(C)(C)CC[C@@H]2O. The van der Waals surface area contributed by atoms with E-state index in [0.717, 1.165) is 0 Å². The van der Waals surface area contributed by atoms with Crippen LogP contribution in [0.5, 0.6) is 5.75 Å². The molecule has 11 nitrogen and oxygen atoms in total. The minimum atomic E-state index is -2.32. The summed E-state index contributed by atoms with van der Waals surface area (Å²) >= 11 is 0. The lowest BCUT2D eigenvalue weighted by molar-refractivity contribution is -0.457. The Hall–Kier alpha value is -3.12. The summed E-state index contributed by atoms with van der Waals surface area (Å²) in [5.41, 5.74) is -2.44. The molecular weight excluding hydrogens is 530 g/mol. The molecule has 0 unspecified atom stereocenters. The number of aromatic nitrogens is 3. The maximum Gasteiger partial charge on any atom is 0.360 e. The standard InChI is InChI=1S/C30H35N3O8/c1-15-18-9-10-20-28-14-40-30(38,24(36)22(28)27(2,3)12-11-21(28)34)29(20,23(15)35)25(18)41-26(37)19-13-33(32-31-19)16-5-7-17(39-4)8-6-16/h5-8,13,18,20-22,24-25,34,36,38H,1,9-12,14H2,2-4H3/t18-,20-,21-,22+,24-,25+,28+,29-,30+/m0/s1. The van der Waals surface area contributed by atoms with Crippen LogP contribution >= 0.6 is 0 Å². The van der Waals surface area contributed by atoms with Gasteiger partial charge in [0.1, 0.15) is 23.4 Å². The molecular formula is C30H35N3O8. The Morgan fingerprint density at radius 2 is 1.90 bits per heavy atom. The summed E-state index contributed by atoms with van der Waals surface area (Å²) in [5, 5.41) is 43.8. The molecule has 3 heterocycles. The minimum Gasteiger partial charge on any atom is -0.497 e. The first kappa shape index (κ1) is 26.8. The van der Waals surface area contributed by atoms with Crippen LogP contribution in [0.2, 0.25) is 0 Å². The van der Waals surface area contributed by atoms with Crippen LogP contribution < -0.4 is 4.74 Å². The zero-order valence-corrected chi connectivity index (χ0v) is 23.3. The summed E-state index contributed by atoms with van der Waals surface area (Å²) in [7, 11) is 1.56. The Bertz CT molecular complexity index is 1450. The van der Waals surface area contributed by atoms with E-state index in [9.17, 15) is 24.9 Å². The second kappa shape index (κ2) is 8.47. The molecule has 1 aromatic carbocycles. The number of fused-ring (bicyclic) bond motifs is 2. The van der Waals surface area contributed by atoms with Crippen molar-refractivity contribution < 1.29 is 39.1 Å². The molecule has 2 aromatic rings. The fraction of sp³-hybridized carbons (Fsp3) is 0.600. The molecule has 2 saturated heterocycles. The van der Waals surface area contributed by atoms with E-state index in [1.807, 2.05) is 13.8 Å². The van der Waals surface area contributed by atoms with Crippen LogP contribution in [0.25, 0.3) is 5.69 Å². The summed E-state index contributed by atoms with van der Waals surface area (Å²) in [5.74, 6) is -4.63. The molecule has 6 fully saturated rings. The van der Waals surface area contributed by atoms with Gasteiger partial charge in [0.05, 0.1) is 31.7 Å². The number of methoxy groups -OCH3 is 1. The predicted octanol–water partition coefficient (Wildman–Crippen LogP) is 1.83. The van der Waals surface area contributed by atoms with Crippen molar-refractivity contribution in [1.29, 1.82) is 0 Å². The molecule has 1 aromatic heterocycles. The Labute approximate surface area is 237 Å². The molecule has 4 bridgehead atoms. The maximum absolute atomic E-state index is 14.2. The Morgan fingerprint density at radius 3 is 2.61 bits per heavy atom. The lowest BCUT2D eigenvalue weighted by Crippen LogP contribution is -2.85. The highest BCUT2D eigenvalue weighted by Gasteiger charge is 2.87. The highest BCUT2D eigenvalue weighted by Crippen LogP contribution is 2.76. The van der Waals surface area contributed by atoms with E-state index in [1.165, 1.54) is 10.9 Å². The molecule has 11 heteroatoms. The van der Waals surface area contributed by atoms with Gasteiger partial charge in [-0.1, -0.05) is 25.6 Å². The number of hydrogen-bond acceptors (Lipinski definition) is 10. The van der Waals surface area contributed by atoms with Gasteiger partial charge in [-0.05, 0) is 66.9 Å². The normalized spacial score (nSPS) is 42.0. The summed E-state index contributed by atoms with van der Waals surface area (Å²) in [6, 6.07) is 7.03. The highest BCUT2D eigenvalue weighted by atomic mass is 16.6. The van der Waals surface area contributed by atoms with E-state index < -0.39 is 69.9 Å². The maximum atomic E-state index is 14.2. The fourth-order valence-corrected chi connectivity index (χ4v) is 9.43. The van der Waals surface area contributed by atoms with Crippen molar-refractivity contribution in [3.63, 3.8) is 0 Å². The van der Waals surface area contributed by atoms with E-state index in [-0.39, 0.29) is 17.9 Å². The van der Waals surface area contributed by atoms with Gasteiger partial charge in [-0.25, -0.2) is 9.48 Å². The third kappa shape index (κ3) is 3.07. The third-order valence-corrected chi connectivity index (χ3v) is 11.1. The molecule has 218 valence electrons. The van der Waals surface area contributed by atoms with E-state index >= 15 is 0 Å². The monoisotopic (exact) mass is 565 g/mol. The average Bonchev–Trinajstić information content (AvgIpc) is 3.49. The largest absolute Gasteiger partial charge is 0.497 e. The van der Waals surface area contributed by atoms with Gasteiger partial charge in [-0.3, -0.25) is 4.79 Å². The number of hydrogen-bond donors (Lipinski definition) is 3. The number of carbonyl (C=O) groups excluding carboxylic acids is 2. The summed E-state index contributed by atoms with van der Waals surface area (Å²) in [6.45, 7) is 8.10. The number of rotatable bonds is 4. The van der Waals surface area contributed by atoms with Crippen LogP contribution in [-0.4, -0.2) is 79.9 Å². The minimum absolute atomic E-state index is 0.00349. The van der Waals surface area contributed by atoms with E-state index in [4.69, 9.17) is 14.2 Å². The molecule has 4 aliphatic carbocycles. The van der Waals surface area contributed by atoms with Crippen molar-refractivity contribution in [3.8, 4) is 11.4 Å². The Balaban J connectivity index is 1.29. The topological polar surface area (TPSA) is 153 Å². The van der Waals surface area contributed by atoms with Crippen molar-refractivity contribution in [2.45, 2.75) is 63.6 Å². The quantitative estimate of drug-likeness (QED) is 0.370. The van der Waals surface area contributed by atoms with Crippen molar-refractivity contribution in [2.24, 2.45) is 34.0 Å². The summed E-state index contributed by atoms with van der Waals surface area (Å²) in [6.07, 6.45) is 0.0381. The molecule has 3 N–H and O–H groups in total. The van der Waals surface area contributed by atoms with Crippen molar-refractivity contribution in [3.05, 3.63) is 48.3 Å². The number of ether oxygens (including phenoxy) is 3. The van der Waals surface area contributed by atoms with Crippen LogP contribution in [0, 0.1) is 34.0 Å². The number of benzene rings is 1. The van der Waals surface area contributed by atoms with Crippen LogP contribution in [0.3, 0.4) is 0 Å². The Morgan fingerprint density at radius 1 is 1.17 bits per heavy atom. The molecule has 41 heavy (non-hydrogen) atoms. The zero-order valence-electron chi connectivity index (χ0n) is 23.3. The van der Waals surface area contributed by atoms with Gasteiger partial charge in [-0.15, -0.1) is 5.10 Å². The molecule has 6 aliphatic rings. The molecule has 2 aliphatic heterocycles. The molecule has 9 atom stereocenters. The molecule has 8 rings (SSSR count). The first-order chi connectivity index (χ1) is 19.4. The predicted molar refractivity (Wildman–Crippen MR) is 142 cm³/mol. The van der Waals surface area contributed by atoms with Crippen molar-refractivity contribution in [2.75, 3.05) is 13.7 Å². The third-order valence-electron chi connectivity index (χ3n) is 11.1. The van der Waals surface area contributed by atoms with Gasteiger partial charge < -0.3 is 29.5 Å². The van der Waals surface area contributed by atoms with Gasteiger partial charge in [0.25, 0.3) is 0 Å². The van der Waals surface area contributed by atoms with Crippen LogP contribution in [0.4, 0.5) is 0 Å². The van der Waals surface area contributed by atoms with E-state index in [1.54, 1.807) is 31.4 Å². The Kier molecular flexibility index (Phi) is 5.53. The second-order valence-electron chi connectivity index (χ2n) is 13.1. The van der Waals surface area contributed by atoms with Crippen molar-refractivity contribution in [1.82, 2.24) is 15.0 Å². The van der Waals surface area contributed by atoms with Crippen LogP contribution in [0.15, 0.2) is 42.6 Å². The summed E-state index contributed by atoms with van der Waals surface area (Å²) in [4.78, 5) is 27.8. The van der Waals surface area contributed by atoms with Gasteiger partial charge in [-0.2, -0.15) is 0 Å². The lowest BCUT2D eigenvalue weighted by atomic mass is 9.35. The second-order valence-corrected chi connectivity index (χ2v) is 13.1. The average molecular weight is 566 g/mol. The van der Waals surface area contributed by atoms with E-state index in [2.05, 4.69) is 16.9 Å². The number of ketones is 1. The number of esters is 1. The number of aliphatic hydroxyl groups excluding tert-OH is 2. The number of carbonyl (C=O) groups is 2. The first-order valence-electron chi connectivity index (χ1n) is 14.2. The molecule has 0 amide bonds. The lowest BCUT2D eigenvalue weighted by Gasteiger charge is -2.74. The summed E-state index contributed by atoms with van der Waals surface area (Å²) < 4.78 is 18.8.